The van der Waals surface area contributed by atoms with E-state index in [0.717, 1.165) is 15.6 Å². The fourth-order valence-corrected chi connectivity index (χ4v) is 2.57. The lowest BCUT2D eigenvalue weighted by atomic mass is 10.0. The number of halogens is 2. The minimum atomic E-state index is -0.445. The average molecular weight is 386 g/mol. The van der Waals surface area contributed by atoms with Gasteiger partial charge in [-0.15, -0.1) is 0 Å². The van der Waals surface area contributed by atoms with Crippen molar-refractivity contribution in [3.05, 3.63) is 76.5 Å². The largest absolute Gasteiger partial charge is 0.465 e. The van der Waals surface area contributed by atoms with Gasteiger partial charge in [-0.1, -0.05) is 28.1 Å². The maximum Gasteiger partial charge on any atom is 0.338 e. The van der Waals surface area contributed by atoms with Crippen LogP contribution in [0.25, 0.3) is 22.5 Å². The predicted molar refractivity (Wildman–Crippen MR) is 94.1 cm³/mol. The molecule has 0 saturated heterocycles. The molecule has 0 aliphatic rings. The third-order valence-corrected chi connectivity index (χ3v) is 4.06. The quantitative estimate of drug-likeness (QED) is 0.588. The average Bonchev–Trinajstić information content (AvgIpc) is 2.62. The summed E-state index contributed by atoms with van der Waals surface area (Å²) in [7, 11) is 1.33. The Morgan fingerprint density at radius 1 is 0.958 bits per heavy atom. The Labute approximate surface area is 147 Å². The molecule has 3 rings (SSSR count). The summed E-state index contributed by atoms with van der Waals surface area (Å²) in [5.41, 5.74) is 3.21. The molecule has 1 aromatic heterocycles. The van der Waals surface area contributed by atoms with Gasteiger partial charge in [0, 0.05) is 15.6 Å². The zero-order chi connectivity index (χ0) is 17.1. The zero-order valence-corrected chi connectivity index (χ0v) is 14.4. The van der Waals surface area contributed by atoms with Crippen LogP contribution in [0.1, 0.15) is 10.4 Å². The van der Waals surface area contributed by atoms with E-state index in [9.17, 15) is 9.18 Å². The summed E-state index contributed by atoms with van der Waals surface area (Å²) < 4.78 is 18.9. The number of esters is 1. The van der Waals surface area contributed by atoms with Crippen LogP contribution in [0.4, 0.5) is 4.39 Å². The number of carbonyl (C=O) groups is 1. The van der Waals surface area contributed by atoms with Gasteiger partial charge < -0.3 is 4.74 Å². The standard InChI is InChI=1S/C19H13BrFNO2/c1-24-19(23)14-10-17(12-2-6-15(20)7-3-12)22-18(11-14)13-4-8-16(21)9-5-13/h2-11H,1H3. The Hall–Kier alpha value is -2.53. The van der Waals surface area contributed by atoms with Crippen molar-refractivity contribution in [2.24, 2.45) is 0 Å². The van der Waals surface area contributed by atoms with E-state index < -0.39 is 5.97 Å². The van der Waals surface area contributed by atoms with Crippen molar-refractivity contribution in [2.45, 2.75) is 0 Å². The minimum Gasteiger partial charge on any atom is -0.465 e. The number of methoxy groups -OCH3 is 1. The highest BCUT2D eigenvalue weighted by molar-refractivity contribution is 9.10. The third-order valence-electron chi connectivity index (χ3n) is 3.53. The van der Waals surface area contributed by atoms with Crippen LogP contribution < -0.4 is 0 Å². The number of ether oxygens (including phenoxy) is 1. The van der Waals surface area contributed by atoms with Gasteiger partial charge in [0.25, 0.3) is 0 Å². The zero-order valence-electron chi connectivity index (χ0n) is 12.8. The molecule has 2 aromatic carbocycles. The van der Waals surface area contributed by atoms with Gasteiger partial charge >= 0.3 is 5.97 Å². The molecule has 0 unspecified atom stereocenters. The van der Waals surface area contributed by atoms with Crippen LogP contribution in [0.15, 0.2) is 65.1 Å². The molecule has 0 N–H and O–H groups in total. The summed E-state index contributed by atoms with van der Waals surface area (Å²) in [5, 5.41) is 0. The van der Waals surface area contributed by atoms with E-state index in [1.54, 1.807) is 24.3 Å². The van der Waals surface area contributed by atoms with Crippen molar-refractivity contribution < 1.29 is 13.9 Å². The lowest BCUT2D eigenvalue weighted by Crippen LogP contribution is -2.03. The Morgan fingerprint density at radius 3 is 1.96 bits per heavy atom. The molecule has 0 radical (unpaired) electrons. The fraction of sp³-hybridized carbons (Fsp3) is 0.0526. The number of benzene rings is 2. The van der Waals surface area contributed by atoms with Crippen molar-refractivity contribution >= 4 is 21.9 Å². The summed E-state index contributed by atoms with van der Waals surface area (Å²) in [6.45, 7) is 0. The maximum atomic E-state index is 13.1. The van der Waals surface area contributed by atoms with Gasteiger partial charge in [-0.05, 0) is 48.5 Å². The number of aromatic nitrogens is 1. The van der Waals surface area contributed by atoms with Crippen LogP contribution in [0.2, 0.25) is 0 Å². The van der Waals surface area contributed by atoms with Crippen LogP contribution in [-0.4, -0.2) is 18.1 Å². The Balaban J connectivity index is 2.14. The Bertz CT molecular complexity index is 813. The smallest absolute Gasteiger partial charge is 0.338 e. The summed E-state index contributed by atoms with van der Waals surface area (Å²) in [4.78, 5) is 16.6. The SMILES string of the molecule is COC(=O)c1cc(-c2ccc(F)cc2)nc(-c2ccc(Br)cc2)c1. The molecule has 0 spiro atoms. The predicted octanol–water partition coefficient (Wildman–Crippen LogP) is 5.10. The number of hydrogen-bond donors (Lipinski definition) is 0. The fourth-order valence-electron chi connectivity index (χ4n) is 2.30. The second-order valence-electron chi connectivity index (χ2n) is 5.13. The molecule has 3 aromatic rings. The molecular weight excluding hydrogens is 373 g/mol. The molecule has 24 heavy (non-hydrogen) atoms. The van der Waals surface area contributed by atoms with E-state index in [0.29, 0.717) is 17.0 Å². The highest BCUT2D eigenvalue weighted by Crippen LogP contribution is 2.26. The Kier molecular flexibility index (Phi) is 4.71. The molecule has 0 atom stereocenters. The van der Waals surface area contributed by atoms with E-state index >= 15 is 0 Å². The first-order chi connectivity index (χ1) is 11.6. The van der Waals surface area contributed by atoms with Crippen molar-refractivity contribution in [1.82, 2.24) is 4.98 Å². The molecule has 0 aliphatic carbocycles. The van der Waals surface area contributed by atoms with Gasteiger partial charge in [-0.3, -0.25) is 0 Å². The van der Waals surface area contributed by atoms with Crippen LogP contribution in [0, 0.1) is 5.82 Å². The van der Waals surface area contributed by atoms with Crippen molar-refractivity contribution in [3.8, 4) is 22.5 Å². The highest BCUT2D eigenvalue weighted by Gasteiger charge is 2.12. The molecule has 3 nitrogen and oxygen atoms in total. The molecule has 0 fully saturated rings. The molecule has 0 saturated carbocycles. The first-order valence-corrected chi connectivity index (χ1v) is 7.98. The highest BCUT2D eigenvalue weighted by atomic mass is 79.9. The van der Waals surface area contributed by atoms with Crippen molar-refractivity contribution in [1.29, 1.82) is 0 Å². The summed E-state index contributed by atoms with van der Waals surface area (Å²) in [6, 6.07) is 16.9. The second-order valence-corrected chi connectivity index (χ2v) is 6.05. The molecular formula is C19H13BrFNO2. The molecule has 0 amide bonds. The number of carbonyl (C=O) groups excluding carboxylic acids is 1. The van der Waals surface area contributed by atoms with E-state index in [2.05, 4.69) is 20.9 Å². The van der Waals surface area contributed by atoms with E-state index in [1.807, 2.05) is 24.3 Å². The van der Waals surface area contributed by atoms with Crippen LogP contribution in [0.3, 0.4) is 0 Å². The van der Waals surface area contributed by atoms with Gasteiger partial charge in [-0.25, -0.2) is 14.2 Å². The number of rotatable bonds is 3. The van der Waals surface area contributed by atoms with E-state index in [-0.39, 0.29) is 5.82 Å². The summed E-state index contributed by atoms with van der Waals surface area (Å²) >= 11 is 3.39. The first kappa shape index (κ1) is 16.3. The minimum absolute atomic E-state index is 0.323. The number of hydrogen-bond acceptors (Lipinski definition) is 3. The van der Waals surface area contributed by atoms with E-state index in [4.69, 9.17) is 4.74 Å². The molecule has 0 bridgehead atoms. The lowest BCUT2D eigenvalue weighted by Gasteiger charge is -2.09. The summed E-state index contributed by atoms with van der Waals surface area (Å²) in [6.07, 6.45) is 0. The topological polar surface area (TPSA) is 39.2 Å². The monoisotopic (exact) mass is 385 g/mol. The van der Waals surface area contributed by atoms with Gasteiger partial charge in [0.15, 0.2) is 0 Å². The molecule has 120 valence electrons. The first-order valence-electron chi connectivity index (χ1n) is 7.19. The van der Waals surface area contributed by atoms with E-state index in [1.165, 1.54) is 19.2 Å². The number of pyridine rings is 1. The molecule has 1 heterocycles. The number of nitrogens with zero attached hydrogens (tertiary/aromatic N) is 1. The Morgan fingerprint density at radius 2 is 1.46 bits per heavy atom. The summed E-state index contributed by atoms with van der Waals surface area (Å²) in [5.74, 6) is -0.768. The molecule has 5 heteroatoms. The van der Waals surface area contributed by atoms with Crippen molar-refractivity contribution in [2.75, 3.05) is 7.11 Å². The lowest BCUT2D eigenvalue weighted by molar-refractivity contribution is 0.0600. The van der Waals surface area contributed by atoms with Gasteiger partial charge in [0.05, 0.1) is 24.1 Å². The van der Waals surface area contributed by atoms with Gasteiger partial charge in [-0.2, -0.15) is 0 Å². The third kappa shape index (κ3) is 3.51. The van der Waals surface area contributed by atoms with Crippen LogP contribution in [-0.2, 0) is 4.74 Å². The van der Waals surface area contributed by atoms with Crippen molar-refractivity contribution in [3.63, 3.8) is 0 Å². The van der Waals surface area contributed by atoms with Gasteiger partial charge in [0.1, 0.15) is 5.82 Å². The van der Waals surface area contributed by atoms with Crippen LogP contribution in [0.5, 0.6) is 0 Å². The van der Waals surface area contributed by atoms with Gasteiger partial charge in [0.2, 0.25) is 0 Å². The maximum absolute atomic E-state index is 13.1. The van der Waals surface area contributed by atoms with Crippen LogP contribution >= 0.6 is 15.9 Å². The molecule has 0 aliphatic heterocycles. The second kappa shape index (κ2) is 6.93. The normalized spacial score (nSPS) is 10.5.